The molecule has 2 N–H and O–H groups in total. The number of aromatic nitrogens is 1. The number of hydrogen-bond acceptors (Lipinski definition) is 5. The number of aliphatic imine (C=N–C) groups is 1. The van der Waals surface area contributed by atoms with Gasteiger partial charge in [-0.1, -0.05) is 30.3 Å². The van der Waals surface area contributed by atoms with Crippen LogP contribution in [0.25, 0.3) is 11.5 Å². The number of guanidine groups is 1. The Morgan fingerprint density at radius 3 is 2.75 bits per heavy atom. The number of non-ortho nitro benzene ring substituents is 1. The molecule has 0 aliphatic carbocycles. The van der Waals surface area contributed by atoms with Crippen molar-refractivity contribution in [1.29, 1.82) is 0 Å². The van der Waals surface area contributed by atoms with Gasteiger partial charge in [-0.05, 0) is 24.6 Å². The van der Waals surface area contributed by atoms with E-state index in [-0.39, 0.29) is 5.69 Å². The molecule has 28 heavy (non-hydrogen) atoms. The first kappa shape index (κ1) is 19.1. The highest BCUT2D eigenvalue weighted by atomic mass is 16.6. The molecule has 0 atom stereocenters. The Bertz CT molecular complexity index is 953. The average Bonchev–Trinajstić information content (AvgIpc) is 3.20. The number of nitrogens with zero attached hydrogens (tertiary/aromatic N) is 3. The highest BCUT2D eigenvalue weighted by Crippen LogP contribution is 2.17. The zero-order chi connectivity index (χ0) is 19.8. The quantitative estimate of drug-likeness (QED) is 0.282. The third kappa shape index (κ3) is 5.16. The van der Waals surface area contributed by atoms with Crippen molar-refractivity contribution in [3.63, 3.8) is 0 Å². The maximum Gasteiger partial charge on any atom is 0.269 e. The number of oxazole rings is 1. The summed E-state index contributed by atoms with van der Waals surface area (Å²) in [4.78, 5) is 19.4. The number of nitro benzene ring substituents is 1. The number of nitrogens with one attached hydrogen (secondary N) is 2. The molecule has 3 rings (SSSR count). The lowest BCUT2D eigenvalue weighted by molar-refractivity contribution is -0.384. The van der Waals surface area contributed by atoms with Crippen LogP contribution < -0.4 is 10.6 Å². The normalized spacial score (nSPS) is 11.2. The van der Waals surface area contributed by atoms with Crippen molar-refractivity contribution in [2.24, 2.45) is 4.99 Å². The van der Waals surface area contributed by atoms with Crippen LogP contribution in [0.4, 0.5) is 5.69 Å². The molecule has 0 spiro atoms. The van der Waals surface area contributed by atoms with Crippen LogP contribution in [-0.4, -0.2) is 22.4 Å². The zero-order valence-electron chi connectivity index (χ0n) is 15.5. The summed E-state index contributed by atoms with van der Waals surface area (Å²) in [5.74, 6) is 1.16. The Morgan fingerprint density at radius 2 is 2.00 bits per heavy atom. The van der Waals surface area contributed by atoms with Crippen LogP contribution in [0.5, 0.6) is 0 Å². The van der Waals surface area contributed by atoms with Crippen molar-refractivity contribution in [3.8, 4) is 11.5 Å². The number of benzene rings is 2. The van der Waals surface area contributed by atoms with E-state index in [1.54, 1.807) is 12.3 Å². The van der Waals surface area contributed by atoms with Crippen LogP contribution in [0.1, 0.15) is 18.2 Å². The molecule has 2 aromatic carbocycles. The highest BCUT2D eigenvalue weighted by Gasteiger charge is 2.08. The van der Waals surface area contributed by atoms with E-state index in [4.69, 9.17) is 4.42 Å². The van der Waals surface area contributed by atoms with Crippen LogP contribution in [0.2, 0.25) is 0 Å². The van der Waals surface area contributed by atoms with Crippen LogP contribution >= 0.6 is 0 Å². The molecular formula is C20H21N5O3. The van der Waals surface area contributed by atoms with Gasteiger partial charge in [-0.25, -0.2) is 9.98 Å². The van der Waals surface area contributed by atoms with E-state index >= 15 is 0 Å². The second kappa shape index (κ2) is 9.31. The van der Waals surface area contributed by atoms with Crippen LogP contribution in [-0.2, 0) is 13.1 Å². The van der Waals surface area contributed by atoms with Crippen molar-refractivity contribution >= 4 is 11.6 Å². The first-order valence-electron chi connectivity index (χ1n) is 8.91. The summed E-state index contributed by atoms with van der Waals surface area (Å²) in [5, 5.41) is 17.2. The maximum atomic E-state index is 10.9. The Balaban J connectivity index is 1.63. The molecule has 0 bridgehead atoms. The molecule has 144 valence electrons. The highest BCUT2D eigenvalue weighted by molar-refractivity contribution is 5.79. The minimum Gasteiger partial charge on any atom is -0.444 e. The fourth-order valence-electron chi connectivity index (χ4n) is 2.56. The molecule has 0 aliphatic heterocycles. The van der Waals surface area contributed by atoms with Crippen LogP contribution in [0.15, 0.2) is 70.3 Å². The van der Waals surface area contributed by atoms with E-state index in [0.29, 0.717) is 31.5 Å². The van der Waals surface area contributed by atoms with Gasteiger partial charge in [-0.15, -0.1) is 0 Å². The second-order valence-electron chi connectivity index (χ2n) is 5.99. The molecule has 0 radical (unpaired) electrons. The van der Waals surface area contributed by atoms with Gasteiger partial charge in [-0.3, -0.25) is 10.1 Å². The fraction of sp³-hybridized carbons (Fsp3) is 0.200. The number of rotatable bonds is 7. The Morgan fingerprint density at radius 1 is 1.18 bits per heavy atom. The fourth-order valence-corrected chi connectivity index (χ4v) is 2.56. The van der Waals surface area contributed by atoms with Crippen molar-refractivity contribution in [2.45, 2.75) is 20.0 Å². The van der Waals surface area contributed by atoms with E-state index in [9.17, 15) is 10.1 Å². The topological polar surface area (TPSA) is 106 Å². The average molecular weight is 379 g/mol. The molecule has 0 saturated carbocycles. The lowest BCUT2D eigenvalue weighted by Crippen LogP contribution is -2.36. The van der Waals surface area contributed by atoms with Gasteiger partial charge in [0.25, 0.3) is 5.69 Å². The van der Waals surface area contributed by atoms with Gasteiger partial charge in [0.15, 0.2) is 5.96 Å². The molecule has 0 unspecified atom stereocenters. The molecule has 0 fully saturated rings. The SMILES string of the molecule is CCNC(=NCc1cccc([N+](=O)[O-])c1)NCc1coc(-c2ccccc2)n1. The van der Waals surface area contributed by atoms with Gasteiger partial charge in [0.05, 0.1) is 23.7 Å². The Kier molecular flexibility index (Phi) is 6.35. The molecule has 0 amide bonds. The van der Waals surface area contributed by atoms with E-state index < -0.39 is 4.92 Å². The van der Waals surface area contributed by atoms with E-state index in [2.05, 4.69) is 20.6 Å². The summed E-state index contributed by atoms with van der Waals surface area (Å²) < 4.78 is 5.53. The van der Waals surface area contributed by atoms with E-state index in [1.165, 1.54) is 12.1 Å². The monoisotopic (exact) mass is 379 g/mol. The predicted octanol–water partition coefficient (Wildman–Crippen LogP) is 3.51. The van der Waals surface area contributed by atoms with Gasteiger partial charge >= 0.3 is 0 Å². The van der Waals surface area contributed by atoms with Crippen molar-refractivity contribution in [2.75, 3.05) is 6.54 Å². The number of nitro groups is 1. The third-order valence-electron chi connectivity index (χ3n) is 3.89. The van der Waals surface area contributed by atoms with Gasteiger partial charge in [0.2, 0.25) is 5.89 Å². The predicted molar refractivity (Wildman–Crippen MR) is 107 cm³/mol. The largest absolute Gasteiger partial charge is 0.444 e. The van der Waals surface area contributed by atoms with Gasteiger partial charge in [-0.2, -0.15) is 0 Å². The zero-order valence-corrected chi connectivity index (χ0v) is 15.5. The van der Waals surface area contributed by atoms with Gasteiger partial charge in [0.1, 0.15) is 6.26 Å². The summed E-state index contributed by atoms with van der Waals surface area (Å²) in [6, 6.07) is 16.1. The summed E-state index contributed by atoms with van der Waals surface area (Å²) in [5.41, 5.74) is 2.49. The third-order valence-corrected chi connectivity index (χ3v) is 3.89. The second-order valence-corrected chi connectivity index (χ2v) is 5.99. The van der Waals surface area contributed by atoms with Crippen LogP contribution in [0.3, 0.4) is 0 Å². The van der Waals surface area contributed by atoms with Crippen molar-refractivity contribution in [1.82, 2.24) is 15.6 Å². The molecular weight excluding hydrogens is 358 g/mol. The van der Waals surface area contributed by atoms with Crippen molar-refractivity contribution < 1.29 is 9.34 Å². The van der Waals surface area contributed by atoms with E-state index in [0.717, 1.165) is 16.8 Å². The maximum absolute atomic E-state index is 10.9. The Hall–Kier alpha value is -3.68. The summed E-state index contributed by atoms with van der Waals surface area (Å²) >= 11 is 0. The standard InChI is InChI=1S/C20H21N5O3/c1-2-21-20(22-12-15-7-6-10-18(11-15)25(26)27)23-13-17-14-28-19(24-17)16-8-4-3-5-9-16/h3-11,14H,2,12-13H2,1H3,(H2,21,22,23). The summed E-state index contributed by atoms with van der Waals surface area (Å²) in [6.07, 6.45) is 1.61. The minimum atomic E-state index is -0.411. The van der Waals surface area contributed by atoms with Gasteiger partial charge < -0.3 is 15.1 Å². The smallest absolute Gasteiger partial charge is 0.269 e. The summed E-state index contributed by atoms with van der Waals surface area (Å²) in [6.45, 7) is 3.42. The lowest BCUT2D eigenvalue weighted by Gasteiger charge is -2.10. The molecule has 1 aromatic heterocycles. The molecule has 8 nitrogen and oxygen atoms in total. The molecule has 8 heteroatoms. The summed E-state index contributed by atoms with van der Waals surface area (Å²) in [7, 11) is 0. The molecule has 3 aromatic rings. The van der Waals surface area contributed by atoms with Crippen molar-refractivity contribution in [3.05, 3.63) is 82.2 Å². The first-order valence-corrected chi connectivity index (χ1v) is 8.91. The lowest BCUT2D eigenvalue weighted by atomic mass is 10.2. The molecule has 1 heterocycles. The Labute approximate surface area is 162 Å². The number of hydrogen-bond donors (Lipinski definition) is 2. The molecule has 0 aliphatic rings. The van der Waals surface area contributed by atoms with Gasteiger partial charge in [0, 0.05) is 24.2 Å². The van der Waals surface area contributed by atoms with Crippen LogP contribution in [0, 0.1) is 10.1 Å². The molecule has 0 saturated heterocycles. The first-order chi connectivity index (χ1) is 13.7. The minimum absolute atomic E-state index is 0.0571. The van der Waals surface area contributed by atoms with E-state index in [1.807, 2.05) is 43.3 Å².